The SMILES string of the molecule is COc1ccc(Br)c(C(=O)Nc2cc(S(=O)(=O)N(C)C)ccc2OC)c1. The van der Waals surface area contributed by atoms with E-state index in [9.17, 15) is 13.2 Å². The molecule has 0 unspecified atom stereocenters. The predicted molar refractivity (Wildman–Crippen MR) is 103 cm³/mol. The van der Waals surface area contributed by atoms with Crippen molar-refractivity contribution >= 4 is 37.5 Å². The summed E-state index contributed by atoms with van der Waals surface area (Å²) in [5, 5.41) is 2.69. The smallest absolute Gasteiger partial charge is 0.257 e. The van der Waals surface area contributed by atoms with Gasteiger partial charge in [0.25, 0.3) is 5.91 Å². The molecule has 2 aromatic rings. The Hall–Kier alpha value is -2.10. The second-order valence-corrected chi connectivity index (χ2v) is 8.46. The maximum atomic E-state index is 12.7. The highest BCUT2D eigenvalue weighted by Crippen LogP contribution is 2.30. The number of carbonyl (C=O) groups excluding carboxylic acids is 1. The summed E-state index contributed by atoms with van der Waals surface area (Å²) in [5.41, 5.74) is 0.586. The number of rotatable bonds is 6. The van der Waals surface area contributed by atoms with Gasteiger partial charge in [-0.3, -0.25) is 4.79 Å². The molecule has 0 fully saturated rings. The number of benzene rings is 2. The van der Waals surface area contributed by atoms with Crippen molar-refractivity contribution in [3.63, 3.8) is 0 Å². The molecule has 1 N–H and O–H groups in total. The summed E-state index contributed by atoms with van der Waals surface area (Å²) in [6, 6.07) is 9.26. The Bertz CT molecular complexity index is 929. The minimum Gasteiger partial charge on any atom is -0.497 e. The number of nitrogens with zero attached hydrogens (tertiary/aromatic N) is 1. The van der Waals surface area contributed by atoms with Gasteiger partial charge in [0.15, 0.2) is 0 Å². The van der Waals surface area contributed by atoms with Crippen molar-refractivity contribution in [1.29, 1.82) is 0 Å². The van der Waals surface area contributed by atoms with Gasteiger partial charge in [-0.05, 0) is 52.3 Å². The summed E-state index contributed by atoms with van der Waals surface area (Å²) in [4.78, 5) is 12.7. The summed E-state index contributed by atoms with van der Waals surface area (Å²) >= 11 is 3.32. The lowest BCUT2D eigenvalue weighted by molar-refractivity contribution is 0.102. The highest BCUT2D eigenvalue weighted by molar-refractivity contribution is 9.10. The molecule has 7 nitrogen and oxygen atoms in total. The van der Waals surface area contributed by atoms with E-state index in [1.165, 1.54) is 46.5 Å². The van der Waals surface area contributed by atoms with Crippen LogP contribution in [0.5, 0.6) is 11.5 Å². The van der Waals surface area contributed by atoms with Crippen LogP contribution >= 0.6 is 15.9 Å². The third-order valence-corrected chi connectivity index (χ3v) is 6.12. The summed E-state index contributed by atoms with van der Waals surface area (Å²) < 4.78 is 36.7. The van der Waals surface area contributed by atoms with Gasteiger partial charge in [0.05, 0.1) is 30.4 Å². The normalized spacial score (nSPS) is 11.3. The van der Waals surface area contributed by atoms with Crippen LogP contribution < -0.4 is 14.8 Å². The van der Waals surface area contributed by atoms with E-state index < -0.39 is 15.9 Å². The van der Waals surface area contributed by atoms with E-state index in [4.69, 9.17) is 9.47 Å². The van der Waals surface area contributed by atoms with Crippen LogP contribution in [0.3, 0.4) is 0 Å². The zero-order valence-corrected chi connectivity index (χ0v) is 17.1. The van der Waals surface area contributed by atoms with Crippen LogP contribution in [-0.4, -0.2) is 46.9 Å². The molecule has 0 bridgehead atoms. The number of halogens is 1. The highest BCUT2D eigenvalue weighted by atomic mass is 79.9. The molecule has 0 aliphatic carbocycles. The molecule has 0 atom stereocenters. The van der Waals surface area contributed by atoms with E-state index in [0.717, 1.165) is 4.31 Å². The van der Waals surface area contributed by atoms with E-state index in [1.54, 1.807) is 18.2 Å². The first-order valence-corrected chi connectivity index (χ1v) is 9.69. The van der Waals surface area contributed by atoms with Crippen molar-refractivity contribution in [3.8, 4) is 11.5 Å². The van der Waals surface area contributed by atoms with Crippen LogP contribution in [0.25, 0.3) is 0 Å². The largest absolute Gasteiger partial charge is 0.497 e. The first kappa shape index (κ1) is 20.2. The van der Waals surface area contributed by atoms with Gasteiger partial charge in [-0.1, -0.05) is 0 Å². The van der Waals surface area contributed by atoms with Gasteiger partial charge in [0.1, 0.15) is 11.5 Å². The Labute approximate surface area is 161 Å². The quantitative estimate of drug-likeness (QED) is 0.742. The summed E-state index contributed by atoms with van der Waals surface area (Å²) in [6.45, 7) is 0. The van der Waals surface area contributed by atoms with Crippen molar-refractivity contribution in [2.45, 2.75) is 4.90 Å². The average Bonchev–Trinajstić information content (AvgIpc) is 2.61. The van der Waals surface area contributed by atoms with Crippen LogP contribution in [-0.2, 0) is 10.0 Å². The van der Waals surface area contributed by atoms with Crippen molar-refractivity contribution in [3.05, 3.63) is 46.4 Å². The lowest BCUT2D eigenvalue weighted by Gasteiger charge is -2.15. The van der Waals surface area contributed by atoms with Gasteiger partial charge in [0, 0.05) is 18.6 Å². The Kier molecular flexibility index (Phi) is 6.27. The molecule has 0 aliphatic rings. The van der Waals surface area contributed by atoms with Gasteiger partial charge in [-0.25, -0.2) is 12.7 Å². The van der Waals surface area contributed by atoms with Crippen LogP contribution in [0.1, 0.15) is 10.4 Å². The standard InChI is InChI=1S/C17H19BrN2O5S/c1-20(2)26(22,23)12-6-8-16(25-4)15(10-12)19-17(21)13-9-11(24-3)5-7-14(13)18/h5-10H,1-4H3,(H,19,21). The molecular formula is C17H19BrN2O5S. The highest BCUT2D eigenvalue weighted by Gasteiger charge is 2.20. The summed E-state index contributed by atoms with van der Waals surface area (Å²) in [6.07, 6.45) is 0. The van der Waals surface area contributed by atoms with Crippen LogP contribution in [0.2, 0.25) is 0 Å². The Morgan fingerprint density at radius 1 is 1.08 bits per heavy atom. The molecule has 0 aliphatic heterocycles. The van der Waals surface area contributed by atoms with E-state index in [-0.39, 0.29) is 10.6 Å². The number of methoxy groups -OCH3 is 2. The van der Waals surface area contributed by atoms with E-state index in [2.05, 4.69) is 21.2 Å². The van der Waals surface area contributed by atoms with E-state index >= 15 is 0 Å². The summed E-state index contributed by atoms with van der Waals surface area (Å²) in [7, 11) is 2.17. The molecule has 140 valence electrons. The van der Waals surface area contributed by atoms with Gasteiger partial charge in [0.2, 0.25) is 10.0 Å². The molecule has 0 saturated heterocycles. The second-order valence-electron chi connectivity index (χ2n) is 5.45. The molecule has 2 aromatic carbocycles. The Morgan fingerprint density at radius 2 is 1.77 bits per heavy atom. The fourth-order valence-corrected chi connectivity index (χ4v) is 3.51. The van der Waals surface area contributed by atoms with Gasteiger partial charge < -0.3 is 14.8 Å². The number of nitrogens with one attached hydrogen (secondary N) is 1. The van der Waals surface area contributed by atoms with E-state index in [1.807, 2.05) is 0 Å². The lowest BCUT2D eigenvalue weighted by atomic mass is 10.2. The van der Waals surface area contributed by atoms with Crippen LogP contribution in [0.4, 0.5) is 5.69 Å². The predicted octanol–water partition coefficient (Wildman–Crippen LogP) is 2.97. The van der Waals surface area contributed by atoms with Crippen molar-refractivity contribution in [2.75, 3.05) is 33.6 Å². The molecule has 2 rings (SSSR count). The average molecular weight is 443 g/mol. The van der Waals surface area contributed by atoms with Crippen molar-refractivity contribution in [1.82, 2.24) is 4.31 Å². The fourth-order valence-electron chi connectivity index (χ4n) is 2.15. The number of ether oxygens (including phenoxy) is 2. The molecular weight excluding hydrogens is 424 g/mol. The van der Waals surface area contributed by atoms with Crippen molar-refractivity contribution in [2.24, 2.45) is 0 Å². The summed E-state index contributed by atoms with van der Waals surface area (Å²) in [5.74, 6) is 0.429. The number of anilines is 1. The zero-order chi connectivity index (χ0) is 19.5. The van der Waals surface area contributed by atoms with Crippen LogP contribution in [0.15, 0.2) is 45.8 Å². The second kappa shape index (κ2) is 8.07. The molecule has 1 amide bonds. The van der Waals surface area contributed by atoms with Gasteiger partial charge >= 0.3 is 0 Å². The monoisotopic (exact) mass is 442 g/mol. The topological polar surface area (TPSA) is 84.9 Å². The molecule has 0 spiro atoms. The minimum atomic E-state index is -3.65. The number of hydrogen-bond donors (Lipinski definition) is 1. The molecule has 26 heavy (non-hydrogen) atoms. The Balaban J connectivity index is 2.44. The van der Waals surface area contributed by atoms with Crippen molar-refractivity contribution < 1.29 is 22.7 Å². The number of hydrogen-bond acceptors (Lipinski definition) is 5. The number of amides is 1. The molecule has 0 heterocycles. The van der Waals surface area contributed by atoms with Gasteiger partial charge in [-0.15, -0.1) is 0 Å². The third-order valence-electron chi connectivity index (χ3n) is 3.62. The fraction of sp³-hybridized carbons (Fsp3) is 0.235. The molecule has 9 heteroatoms. The van der Waals surface area contributed by atoms with E-state index in [0.29, 0.717) is 21.5 Å². The first-order valence-electron chi connectivity index (χ1n) is 7.46. The molecule has 0 radical (unpaired) electrons. The maximum Gasteiger partial charge on any atom is 0.257 e. The minimum absolute atomic E-state index is 0.0447. The molecule has 0 aromatic heterocycles. The maximum absolute atomic E-state index is 12.7. The lowest BCUT2D eigenvalue weighted by Crippen LogP contribution is -2.22. The first-order chi connectivity index (χ1) is 12.2. The van der Waals surface area contributed by atoms with Gasteiger partial charge in [-0.2, -0.15) is 0 Å². The van der Waals surface area contributed by atoms with Crippen LogP contribution in [0, 0.1) is 0 Å². The zero-order valence-electron chi connectivity index (χ0n) is 14.7. The Morgan fingerprint density at radius 3 is 2.35 bits per heavy atom. The third kappa shape index (κ3) is 4.17. The number of carbonyl (C=O) groups is 1. The number of sulfonamides is 1. The molecule has 0 saturated carbocycles.